The molecule has 2 aromatic heterocycles. The highest BCUT2D eigenvalue weighted by Crippen LogP contribution is 2.39. The molecule has 0 saturated heterocycles. The van der Waals surface area contributed by atoms with Gasteiger partial charge in [-0.05, 0) is 25.0 Å². The van der Waals surface area contributed by atoms with Crippen LogP contribution in [0.5, 0.6) is 0 Å². The maximum Gasteiger partial charge on any atom is 0.276 e. The van der Waals surface area contributed by atoms with Crippen LogP contribution >= 0.6 is 0 Å². The van der Waals surface area contributed by atoms with Crippen molar-refractivity contribution < 1.29 is 4.79 Å². The van der Waals surface area contributed by atoms with Gasteiger partial charge >= 0.3 is 0 Å². The summed E-state index contributed by atoms with van der Waals surface area (Å²) in [5.41, 5.74) is 1.28. The maximum atomic E-state index is 12.3. The second-order valence-corrected chi connectivity index (χ2v) is 5.46. The van der Waals surface area contributed by atoms with Crippen LogP contribution in [0.3, 0.4) is 0 Å². The van der Waals surface area contributed by atoms with Crippen molar-refractivity contribution >= 4 is 17.5 Å². The Morgan fingerprint density at radius 2 is 2.14 bits per heavy atom. The van der Waals surface area contributed by atoms with Crippen molar-refractivity contribution in [2.24, 2.45) is 7.05 Å². The average Bonchev–Trinajstić information content (AvgIpc) is 3.25. The van der Waals surface area contributed by atoms with Gasteiger partial charge in [0.05, 0.1) is 0 Å². The summed E-state index contributed by atoms with van der Waals surface area (Å²) in [6, 6.07) is 3.60. The number of amides is 1. The van der Waals surface area contributed by atoms with Crippen molar-refractivity contribution in [2.45, 2.75) is 18.8 Å². The fourth-order valence-corrected chi connectivity index (χ4v) is 2.13. The van der Waals surface area contributed by atoms with Gasteiger partial charge in [-0.15, -0.1) is 10.2 Å². The third kappa shape index (κ3) is 2.72. The Balaban J connectivity index is 1.78. The minimum atomic E-state index is -0.281. The summed E-state index contributed by atoms with van der Waals surface area (Å²) < 4.78 is 1.84. The monoisotopic (exact) mass is 286 g/mol. The van der Waals surface area contributed by atoms with Crippen LogP contribution in [0.2, 0.25) is 0 Å². The summed E-state index contributed by atoms with van der Waals surface area (Å²) >= 11 is 0. The molecular formula is C14H18N6O. The van der Waals surface area contributed by atoms with E-state index in [9.17, 15) is 4.79 Å². The summed E-state index contributed by atoms with van der Waals surface area (Å²) in [6.45, 7) is 0. The molecule has 0 spiro atoms. The standard InChI is InChI=1S/C14H18N6O/c1-19(2)10-6-7-15-11(8-10)13(21)16-14-18-17-12(20(14)3)9-4-5-9/h6-9H,4-5H2,1-3H3,(H,16,18,21). The van der Waals surface area contributed by atoms with E-state index in [0.717, 1.165) is 24.4 Å². The van der Waals surface area contributed by atoms with Gasteiger partial charge in [-0.2, -0.15) is 0 Å². The number of hydrogen-bond donors (Lipinski definition) is 1. The predicted octanol–water partition coefficient (Wildman–Crippen LogP) is 1.41. The first-order valence-electron chi connectivity index (χ1n) is 6.90. The van der Waals surface area contributed by atoms with Crippen molar-refractivity contribution in [1.29, 1.82) is 0 Å². The molecule has 0 bridgehead atoms. The Morgan fingerprint density at radius 3 is 2.81 bits per heavy atom. The molecule has 1 N–H and O–H groups in total. The van der Waals surface area contributed by atoms with Crippen LogP contribution in [0.4, 0.5) is 11.6 Å². The number of anilines is 2. The van der Waals surface area contributed by atoms with Crippen LogP contribution in [0.25, 0.3) is 0 Å². The molecule has 2 heterocycles. The van der Waals surface area contributed by atoms with Gasteiger partial charge in [0.1, 0.15) is 11.5 Å². The van der Waals surface area contributed by atoms with Gasteiger partial charge in [0.25, 0.3) is 5.91 Å². The minimum Gasteiger partial charge on any atom is -0.378 e. The molecule has 0 unspecified atom stereocenters. The molecule has 0 atom stereocenters. The fourth-order valence-electron chi connectivity index (χ4n) is 2.13. The van der Waals surface area contributed by atoms with Gasteiger partial charge in [0.2, 0.25) is 5.95 Å². The number of hydrogen-bond acceptors (Lipinski definition) is 5. The van der Waals surface area contributed by atoms with E-state index in [1.54, 1.807) is 12.3 Å². The number of pyridine rings is 1. The molecule has 7 nitrogen and oxygen atoms in total. The lowest BCUT2D eigenvalue weighted by atomic mass is 10.3. The topological polar surface area (TPSA) is 75.9 Å². The summed E-state index contributed by atoms with van der Waals surface area (Å²) in [7, 11) is 5.70. The van der Waals surface area contributed by atoms with Crippen molar-refractivity contribution in [2.75, 3.05) is 24.3 Å². The maximum absolute atomic E-state index is 12.3. The molecule has 0 aliphatic heterocycles. The summed E-state index contributed by atoms with van der Waals surface area (Å²) in [4.78, 5) is 18.3. The van der Waals surface area contributed by atoms with Gasteiger partial charge in [-0.1, -0.05) is 0 Å². The third-order valence-electron chi connectivity index (χ3n) is 3.57. The molecule has 1 aliphatic rings. The Bertz CT molecular complexity index is 674. The molecule has 1 saturated carbocycles. The van der Waals surface area contributed by atoms with Gasteiger partial charge in [0.15, 0.2) is 0 Å². The smallest absolute Gasteiger partial charge is 0.276 e. The van der Waals surface area contributed by atoms with Crippen LogP contribution in [0.1, 0.15) is 35.1 Å². The summed E-state index contributed by atoms with van der Waals surface area (Å²) in [6.07, 6.45) is 3.91. The number of nitrogens with one attached hydrogen (secondary N) is 1. The van der Waals surface area contributed by atoms with Crippen molar-refractivity contribution in [3.63, 3.8) is 0 Å². The van der Waals surface area contributed by atoms with E-state index in [1.807, 2.05) is 36.7 Å². The zero-order chi connectivity index (χ0) is 15.0. The molecule has 110 valence electrons. The lowest BCUT2D eigenvalue weighted by Crippen LogP contribution is -2.18. The largest absolute Gasteiger partial charge is 0.378 e. The van der Waals surface area contributed by atoms with Gasteiger partial charge in [-0.3, -0.25) is 19.7 Å². The minimum absolute atomic E-state index is 0.281. The van der Waals surface area contributed by atoms with Crippen LogP contribution in [-0.2, 0) is 7.05 Å². The average molecular weight is 286 g/mol. The van der Waals surface area contributed by atoms with E-state index < -0.39 is 0 Å². The van der Waals surface area contributed by atoms with Crippen LogP contribution in [0.15, 0.2) is 18.3 Å². The molecule has 1 amide bonds. The molecule has 2 aromatic rings. The van der Waals surface area contributed by atoms with Gasteiger partial charge in [-0.25, -0.2) is 0 Å². The number of carbonyl (C=O) groups is 1. The van der Waals surface area contributed by atoms with Crippen LogP contribution < -0.4 is 10.2 Å². The normalized spacial score (nSPS) is 14.0. The van der Waals surface area contributed by atoms with Crippen molar-refractivity contribution in [1.82, 2.24) is 19.7 Å². The van der Waals surface area contributed by atoms with E-state index in [4.69, 9.17) is 0 Å². The van der Waals surface area contributed by atoms with Crippen molar-refractivity contribution in [3.8, 4) is 0 Å². The van der Waals surface area contributed by atoms with Gasteiger partial charge in [0, 0.05) is 38.9 Å². The van der Waals surface area contributed by atoms with E-state index in [1.165, 1.54) is 0 Å². The first kappa shape index (κ1) is 13.5. The first-order chi connectivity index (χ1) is 10.1. The second-order valence-electron chi connectivity index (χ2n) is 5.46. The Kier molecular flexibility index (Phi) is 3.32. The third-order valence-corrected chi connectivity index (χ3v) is 3.57. The molecule has 0 aromatic carbocycles. The molecular weight excluding hydrogens is 268 g/mol. The van der Waals surface area contributed by atoms with Crippen molar-refractivity contribution in [3.05, 3.63) is 29.8 Å². The van der Waals surface area contributed by atoms with Crippen LogP contribution in [0, 0.1) is 0 Å². The number of aromatic nitrogens is 4. The lowest BCUT2D eigenvalue weighted by molar-refractivity contribution is 0.102. The quantitative estimate of drug-likeness (QED) is 0.919. The van der Waals surface area contributed by atoms with E-state index in [-0.39, 0.29) is 5.91 Å². The zero-order valence-corrected chi connectivity index (χ0v) is 12.4. The fraction of sp³-hybridized carbons (Fsp3) is 0.429. The van der Waals surface area contributed by atoms with Crippen LogP contribution in [-0.4, -0.2) is 39.8 Å². The Labute approximate surface area is 123 Å². The molecule has 21 heavy (non-hydrogen) atoms. The molecule has 0 radical (unpaired) electrons. The molecule has 3 rings (SSSR count). The molecule has 7 heteroatoms. The number of carbonyl (C=O) groups excluding carboxylic acids is 1. The zero-order valence-electron chi connectivity index (χ0n) is 12.4. The van der Waals surface area contributed by atoms with E-state index in [2.05, 4.69) is 20.5 Å². The summed E-state index contributed by atoms with van der Waals surface area (Å²) in [5, 5.41) is 10.9. The predicted molar refractivity (Wildman–Crippen MR) is 79.5 cm³/mol. The highest BCUT2D eigenvalue weighted by Gasteiger charge is 2.29. The van der Waals surface area contributed by atoms with E-state index >= 15 is 0 Å². The Hall–Kier alpha value is -2.44. The highest BCUT2D eigenvalue weighted by atomic mass is 16.2. The van der Waals surface area contributed by atoms with E-state index in [0.29, 0.717) is 17.6 Å². The molecule has 1 aliphatic carbocycles. The second kappa shape index (κ2) is 5.16. The molecule has 1 fully saturated rings. The highest BCUT2D eigenvalue weighted by molar-refractivity contribution is 6.02. The lowest BCUT2D eigenvalue weighted by Gasteiger charge is -2.12. The Morgan fingerprint density at radius 1 is 1.38 bits per heavy atom. The first-order valence-corrected chi connectivity index (χ1v) is 6.90. The van der Waals surface area contributed by atoms with Gasteiger partial charge < -0.3 is 4.90 Å². The summed E-state index contributed by atoms with van der Waals surface area (Å²) in [5.74, 6) is 1.60. The number of nitrogens with zero attached hydrogens (tertiary/aromatic N) is 5. The number of rotatable bonds is 4. The SMILES string of the molecule is CN(C)c1ccnc(C(=O)Nc2nnc(C3CC3)n2C)c1.